The van der Waals surface area contributed by atoms with Crippen molar-refractivity contribution >= 4 is 17.4 Å². The van der Waals surface area contributed by atoms with Gasteiger partial charge in [0.05, 0.1) is 18.1 Å². The molecular weight excluding hydrogens is 224 g/mol. The van der Waals surface area contributed by atoms with Gasteiger partial charge in [0, 0.05) is 18.8 Å². The van der Waals surface area contributed by atoms with Crippen molar-refractivity contribution in [1.82, 2.24) is 4.98 Å². The van der Waals surface area contributed by atoms with Gasteiger partial charge in [-0.3, -0.25) is 0 Å². The maximum atomic E-state index is 5.86. The molecule has 2 atom stereocenters. The Morgan fingerprint density at radius 3 is 3.00 bits per heavy atom. The van der Waals surface area contributed by atoms with Crippen LogP contribution in [0.25, 0.3) is 0 Å². The van der Waals surface area contributed by atoms with Crippen molar-refractivity contribution in [3.8, 4) is 0 Å². The van der Waals surface area contributed by atoms with Crippen LogP contribution in [-0.2, 0) is 4.74 Å². The van der Waals surface area contributed by atoms with E-state index in [4.69, 9.17) is 16.3 Å². The van der Waals surface area contributed by atoms with Crippen LogP contribution in [0.4, 0.5) is 5.82 Å². The van der Waals surface area contributed by atoms with Crippen LogP contribution in [-0.4, -0.2) is 36.2 Å². The second-order valence-corrected chi connectivity index (χ2v) is 4.57. The van der Waals surface area contributed by atoms with Gasteiger partial charge >= 0.3 is 0 Å². The molecule has 0 spiro atoms. The van der Waals surface area contributed by atoms with Crippen molar-refractivity contribution in [3.05, 3.63) is 23.9 Å². The number of morpholine rings is 1. The molecule has 4 heteroatoms. The maximum Gasteiger partial charge on any atom is 0.128 e. The van der Waals surface area contributed by atoms with E-state index in [1.807, 2.05) is 25.1 Å². The number of pyridine rings is 1. The van der Waals surface area contributed by atoms with Gasteiger partial charge in [0.15, 0.2) is 0 Å². The first-order valence-corrected chi connectivity index (χ1v) is 6.12. The minimum atomic E-state index is 0.104. The Bertz CT molecular complexity index is 359. The third-order valence-electron chi connectivity index (χ3n) is 2.70. The highest BCUT2D eigenvalue weighted by molar-refractivity contribution is 6.18. The first kappa shape index (κ1) is 11.7. The lowest BCUT2D eigenvalue weighted by Gasteiger charge is -2.36. The van der Waals surface area contributed by atoms with E-state index in [9.17, 15) is 0 Å². The van der Waals surface area contributed by atoms with Crippen LogP contribution < -0.4 is 4.90 Å². The summed E-state index contributed by atoms with van der Waals surface area (Å²) >= 11 is 5.86. The molecule has 16 heavy (non-hydrogen) atoms. The monoisotopic (exact) mass is 240 g/mol. The van der Waals surface area contributed by atoms with Gasteiger partial charge in [0.25, 0.3) is 0 Å². The first-order valence-electron chi connectivity index (χ1n) is 5.59. The average Bonchev–Trinajstić information content (AvgIpc) is 2.28. The van der Waals surface area contributed by atoms with Crippen molar-refractivity contribution in [1.29, 1.82) is 0 Å². The van der Waals surface area contributed by atoms with Gasteiger partial charge in [-0.05, 0) is 26.0 Å². The van der Waals surface area contributed by atoms with Crippen molar-refractivity contribution in [3.63, 3.8) is 0 Å². The molecule has 2 rings (SSSR count). The lowest BCUT2D eigenvalue weighted by molar-refractivity contribution is -0.00357. The lowest BCUT2D eigenvalue weighted by Crippen LogP contribution is -2.47. The Labute approximate surface area is 101 Å². The summed E-state index contributed by atoms with van der Waals surface area (Å²) in [7, 11) is 0. The predicted octanol–water partition coefficient (Wildman–Crippen LogP) is 2.22. The minimum absolute atomic E-state index is 0.104. The van der Waals surface area contributed by atoms with Crippen LogP contribution in [0.2, 0.25) is 0 Å². The normalized spacial score (nSPS) is 25.8. The summed E-state index contributed by atoms with van der Waals surface area (Å²) in [6, 6.07) is 6.08. The van der Waals surface area contributed by atoms with Crippen LogP contribution >= 0.6 is 11.6 Å². The molecule has 0 aromatic carbocycles. The largest absolute Gasteiger partial charge is 0.370 e. The number of anilines is 1. The fourth-order valence-electron chi connectivity index (χ4n) is 2.02. The minimum Gasteiger partial charge on any atom is -0.370 e. The van der Waals surface area contributed by atoms with E-state index >= 15 is 0 Å². The van der Waals surface area contributed by atoms with Gasteiger partial charge < -0.3 is 9.64 Å². The van der Waals surface area contributed by atoms with Crippen molar-refractivity contribution < 1.29 is 4.74 Å². The highest BCUT2D eigenvalue weighted by Crippen LogP contribution is 2.19. The second kappa shape index (κ2) is 5.02. The van der Waals surface area contributed by atoms with Gasteiger partial charge in [-0.2, -0.15) is 0 Å². The Balaban J connectivity index is 2.14. The summed E-state index contributed by atoms with van der Waals surface area (Å²) in [6.45, 7) is 5.78. The fraction of sp³-hybridized carbons (Fsp3) is 0.583. The molecule has 2 heterocycles. The molecule has 0 amide bonds. The molecule has 1 aliphatic heterocycles. The maximum absolute atomic E-state index is 5.86. The second-order valence-electron chi connectivity index (χ2n) is 4.27. The van der Waals surface area contributed by atoms with Gasteiger partial charge in [-0.15, -0.1) is 11.6 Å². The summed E-state index contributed by atoms with van der Waals surface area (Å²) in [5, 5.41) is 0. The Morgan fingerprint density at radius 1 is 1.50 bits per heavy atom. The van der Waals surface area contributed by atoms with Crippen LogP contribution in [0.3, 0.4) is 0 Å². The van der Waals surface area contributed by atoms with E-state index in [2.05, 4.69) is 16.8 Å². The number of hydrogen-bond donors (Lipinski definition) is 0. The number of ether oxygens (including phenoxy) is 1. The predicted molar refractivity (Wildman–Crippen MR) is 66.2 cm³/mol. The van der Waals surface area contributed by atoms with Crippen molar-refractivity contribution in [2.45, 2.75) is 26.1 Å². The molecule has 1 saturated heterocycles. The molecule has 0 radical (unpaired) electrons. The number of alkyl halides is 1. The van der Waals surface area contributed by atoms with Crippen molar-refractivity contribution in [2.75, 3.05) is 23.9 Å². The number of rotatable bonds is 2. The van der Waals surface area contributed by atoms with Crippen molar-refractivity contribution in [2.24, 2.45) is 0 Å². The van der Waals surface area contributed by atoms with Gasteiger partial charge in [0.1, 0.15) is 5.82 Å². The van der Waals surface area contributed by atoms with E-state index in [1.165, 1.54) is 0 Å². The van der Waals surface area contributed by atoms with E-state index in [0.29, 0.717) is 5.88 Å². The number of nitrogens with zero attached hydrogens (tertiary/aromatic N) is 2. The van der Waals surface area contributed by atoms with E-state index in [0.717, 1.165) is 24.6 Å². The molecule has 1 fully saturated rings. The Hall–Kier alpha value is -0.800. The molecule has 0 N–H and O–H groups in total. The highest BCUT2D eigenvalue weighted by atomic mass is 35.5. The summed E-state index contributed by atoms with van der Waals surface area (Å²) in [5.41, 5.74) is 1.04. The van der Waals surface area contributed by atoms with Crippen LogP contribution in [0, 0.1) is 6.92 Å². The van der Waals surface area contributed by atoms with E-state index in [1.54, 1.807) is 0 Å². The molecule has 3 nitrogen and oxygen atoms in total. The van der Waals surface area contributed by atoms with Crippen LogP contribution in [0.1, 0.15) is 12.6 Å². The molecule has 2 unspecified atom stereocenters. The van der Waals surface area contributed by atoms with Gasteiger partial charge in [0.2, 0.25) is 0 Å². The zero-order valence-electron chi connectivity index (χ0n) is 9.69. The van der Waals surface area contributed by atoms with E-state index < -0.39 is 0 Å². The number of aromatic nitrogens is 1. The zero-order chi connectivity index (χ0) is 11.5. The van der Waals surface area contributed by atoms with E-state index in [-0.39, 0.29) is 12.2 Å². The average molecular weight is 241 g/mol. The van der Waals surface area contributed by atoms with Crippen LogP contribution in [0.15, 0.2) is 18.2 Å². The molecule has 0 aliphatic carbocycles. The summed E-state index contributed by atoms with van der Waals surface area (Å²) < 4.78 is 5.72. The lowest BCUT2D eigenvalue weighted by atomic mass is 10.2. The topological polar surface area (TPSA) is 25.4 Å². The quantitative estimate of drug-likeness (QED) is 0.742. The number of aryl methyl sites for hydroxylation is 1. The van der Waals surface area contributed by atoms with Gasteiger partial charge in [-0.1, -0.05) is 6.07 Å². The number of hydrogen-bond acceptors (Lipinski definition) is 3. The SMILES string of the molecule is Cc1cccc(N2CC(C)OC(CCl)C2)n1. The molecule has 1 aromatic rings. The first-order chi connectivity index (χ1) is 7.69. The third kappa shape index (κ3) is 2.66. The zero-order valence-corrected chi connectivity index (χ0v) is 10.4. The Kier molecular flexibility index (Phi) is 3.66. The molecule has 0 saturated carbocycles. The molecular formula is C12H17ClN2O. The standard InChI is InChI=1S/C12H17ClN2O/c1-9-4-3-5-12(14-9)15-7-10(2)16-11(6-13)8-15/h3-5,10-11H,6-8H2,1-2H3. The third-order valence-corrected chi connectivity index (χ3v) is 3.04. The van der Waals surface area contributed by atoms with Gasteiger partial charge in [-0.25, -0.2) is 4.98 Å². The molecule has 1 aromatic heterocycles. The highest BCUT2D eigenvalue weighted by Gasteiger charge is 2.25. The fourth-order valence-corrected chi connectivity index (χ4v) is 2.19. The molecule has 88 valence electrons. The smallest absolute Gasteiger partial charge is 0.128 e. The molecule has 0 bridgehead atoms. The Morgan fingerprint density at radius 2 is 2.31 bits per heavy atom. The summed E-state index contributed by atoms with van der Waals surface area (Å²) in [5.74, 6) is 1.55. The van der Waals surface area contributed by atoms with Crippen LogP contribution in [0.5, 0.6) is 0 Å². The molecule has 1 aliphatic rings. The summed E-state index contributed by atoms with van der Waals surface area (Å²) in [4.78, 5) is 6.77. The summed E-state index contributed by atoms with van der Waals surface area (Å²) in [6.07, 6.45) is 0.313. The number of halogens is 1.